The number of halogens is 1. The number of rotatable bonds is 9. The number of methoxy groups -OCH3 is 2. The summed E-state index contributed by atoms with van der Waals surface area (Å²) in [7, 11) is 5.10. The van der Waals surface area contributed by atoms with Crippen molar-refractivity contribution in [1.29, 1.82) is 0 Å². The molecule has 0 fully saturated rings. The van der Waals surface area contributed by atoms with Gasteiger partial charge in [0.05, 0.1) is 19.3 Å². The van der Waals surface area contributed by atoms with Gasteiger partial charge >= 0.3 is 0 Å². The first-order chi connectivity index (χ1) is 11.5. The maximum atomic E-state index is 5.67. The molecule has 1 aromatic rings. The Kier molecular flexibility index (Phi) is 11.6. The van der Waals surface area contributed by atoms with Crippen LogP contribution in [-0.4, -0.2) is 46.0 Å². The lowest BCUT2D eigenvalue weighted by atomic mass is 10.1. The quantitative estimate of drug-likeness (QED) is 0.333. The highest BCUT2D eigenvalue weighted by atomic mass is 127. The van der Waals surface area contributed by atoms with Crippen LogP contribution >= 0.6 is 24.0 Å². The van der Waals surface area contributed by atoms with Crippen molar-refractivity contribution in [2.24, 2.45) is 4.99 Å². The van der Waals surface area contributed by atoms with Crippen molar-refractivity contribution >= 4 is 29.9 Å². The van der Waals surface area contributed by atoms with Crippen molar-refractivity contribution in [3.63, 3.8) is 0 Å². The highest BCUT2D eigenvalue weighted by Crippen LogP contribution is 2.28. The maximum absolute atomic E-state index is 5.67. The Hall–Kier alpha value is -1.22. The number of ether oxygens (including phenoxy) is 3. The summed E-state index contributed by atoms with van der Waals surface area (Å²) in [6, 6.07) is 5.94. The number of hydrogen-bond donors (Lipinski definition) is 2. The van der Waals surface area contributed by atoms with Gasteiger partial charge in [0.2, 0.25) is 0 Å². The van der Waals surface area contributed by atoms with Gasteiger partial charge in [-0.1, -0.05) is 13.0 Å². The number of nitrogens with one attached hydrogen (secondary N) is 2. The van der Waals surface area contributed by atoms with Crippen LogP contribution in [0, 0.1) is 0 Å². The van der Waals surface area contributed by atoms with Gasteiger partial charge in [-0.25, -0.2) is 0 Å². The van der Waals surface area contributed by atoms with Crippen molar-refractivity contribution in [1.82, 2.24) is 10.6 Å². The Morgan fingerprint density at radius 1 is 1.16 bits per heavy atom. The lowest BCUT2D eigenvalue weighted by Gasteiger charge is -2.24. The van der Waals surface area contributed by atoms with E-state index in [-0.39, 0.29) is 29.6 Å². The summed E-state index contributed by atoms with van der Waals surface area (Å²) >= 11 is 0. The fraction of sp³-hybridized carbons (Fsp3) is 0.611. The molecule has 1 rings (SSSR count). The molecule has 7 heteroatoms. The number of benzene rings is 1. The maximum Gasteiger partial charge on any atom is 0.191 e. The van der Waals surface area contributed by atoms with Crippen LogP contribution in [0.25, 0.3) is 0 Å². The SMILES string of the molecule is CCCOc1ccc(CNC(=NC)NCC(C)(C)OC)cc1OC.I. The molecule has 0 unspecified atom stereocenters. The average Bonchev–Trinajstić information content (AvgIpc) is 2.60. The number of aliphatic imine (C=N–C) groups is 1. The highest BCUT2D eigenvalue weighted by molar-refractivity contribution is 14.0. The fourth-order valence-electron chi connectivity index (χ4n) is 1.93. The molecule has 25 heavy (non-hydrogen) atoms. The van der Waals surface area contributed by atoms with Crippen molar-refractivity contribution < 1.29 is 14.2 Å². The molecule has 0 saturated heterocycles. The van der Waals surface area contributed by atoms with Gasteiger partial charge in [-0.15, -0.1) is 24.0 Å². The van der Waals surface area contributed by atoms with E-state index >= 15 is 0 Å². The van der Waals surface area contributed by atoms with E-state index in [4.69, 9.17) is 14.2 Å². The summed E-state index contributed by atoms with van der Waals surface area (Å²) in [5.74, 6) is 2.24. The van der Waals surface area contributed by atoms with E-state index in [0.717, 1.165) is 29.4 Å². The Bertz CT molecular complexity index is 536. The second-order valence-corrected chi connectivity index (χ2v) is 6.08. The van der Waals surface area contributed by atoms with E-state index in [1.807, 2.05) is 32.0 Å². The molecule has 0 amide bonds. The molecule has 2 N–H and O–H groups in total. The standard InChI is InChI=1S/C18H31N3O3.HI/c1-7-10-24-15-9-8-14(11-16(15)22-5)12-20-17(19-4)21-13-18(2,3)23-6;/h8-9,11H,7,10,12-13H2,1-6H3,(H2,19,20,21);1H. The Balaban J connectivity index is 0.00000576. The molecule has 0 heterocycles. The van der Waals surface area contributed by atoms with E-state index in [1.54, 1.807) is 21.3 Å². The molecule has 0 aromatic heterocycles. The van der Waals surface area contributed by atoms with Gasteiger partial charge in [0.15, 0.2) is 17.5 Å². The van der Waals surface area contributed by atoms with Crippen LogP contribution in [0.2, 0.25) is 0 Å². The number of hydrogen-bond acceptors (Lipinski definition) is 4. The molecule has 0 saturated carbocycles. The van der Waals surface area contributed by atoms with Gasteiger partial charge in [-0.3, -0.25) is 4.99 Å². The minimum atomic E-state index is -0.251. The summed E-state index contributed by atoms with van der Waals surface area (Å²) in [5.41, 5.74) is 0.837. The van der Waals surface area contributed by atoms with Crippen molar-refractivity contribution in [2.45, 2.75) is 39.3 Å². The van der Waals surface area contributed by atoms with E-state index in [0.29, 0.717) is 19.7 Å². The molecule has 1 aromatic carbocycles. The van der Waals surface area contributed by atoms with Crippen LogP contribution in [0.4, 0.5) is 0 Å². The molecule has 0 radical (unpaired) electrons. The van der Waals surface area contributed by atoms with Crippen LogP contribution in [0.3, 0.4) is 0 Å². The second kappa shape index (κ2) is 12.2. The first-order valence-corrected chi connectivity index (χ1v) is 8.25. The fourth-order valence-corrected chi connectivity index (χ4v) is 1.93. The van der Waals surface area contributed by atoms with E-state index < -0.39 is 0 Å². The largest absolute Gasteiger partial charge is 0.493 e. The summed E-state index contributed by atoms with van der Waals surface area (Å²) < 4.78 is 16.5. The molecule has 0 spiro atoms. The molecule has 0 aliphatic carbocycles. The minimum Gasteiger partial charge on any atom is -0.493 e. The van der Waals surface area contributed by atoms with E-state index in [9.17, 15) is 0 Å². The lowest BCUT2D eigenvalue weighted by molar-refractivity contribution is 0.0268. The number of nitrogens with zero attached hydrogens (tertiary/aromatic N) is 1. The molecule has 6 nitrogen and oxygen atoms in total. The Labute approximate surface area is 168 Å². The third kappa shape index (κ3) is 8.62. The lowest BCUT2D eigenvalue weighted by Crippen LogP contribution is -2.45. The predicted molar refractivity (Wildman–Crippen MR) is 113 cm³/mol. The van der Waals surface area contributed by atoms with Gasteiger partial charge < -0.3 is 24.8 Å². The van der Waals surface area contributed by atoms with Gasteiger partial charge in [0, 0.05) is 27.2 Å². The molecule has 0 aliphatic heterocycles. The van der Waals surface area contributed by atoms with Crippen molar-refractivity contribution in [2.75, 3.05) is 34.4 Å². The molecular formula is C18H32IN3O3. The zero-order valence-corrected chi connectivity index (χ0v) is 18.5. The third-order valence-corrected chi connectivity index (χ3v) is 3.61. The van der Waals surface area contributed by atoms with Crippen molar-refractivity contribution in [3.8, 4) is 11.5 Å². The summed E-state index contributed by atoms with van der Waals surface area (Å²) in [5, 5.41) is 6.54. The van der Waals surface area contributed by atoms with Crippen LogP contribution in [0.5, 0.6) is 11.5 Å². The van der Waals surface area contributed by atoms with Gasteiger partial charge in [0.1, 0.15) is 0 Å². The van der Waals surface area contributed by atoms with Gasteiger partial charge in [0.25, 0.3) is 0 Å². The first-order valence-electron chi connectivity index (χ1n) is 8.25. The second-order valence-electron chi connectivity index (χ2n) is 6.08. The van der Waals surface area contributed by atoms with Crippen LogP contribution in [-0.2, 0) is 11.3 Å². The highest BCUT2D eigenvalue weighted by Gasteiger charge is 2.16. The normalized spacial score (nSPS) is 11.5. The Morgan fingerprint density at radius 3 is 2.44 bits per heavy atom. The molecular weight excluding hydrogens is 433 g/mol. The summed E-state index contributed by atoms with van der Waals surface area (Å²) in [6.45, 7) is 8.10. The third-order valence-electron chi connectivity index (χ3n) is 3.61. The zero-order chi connectivity index (χ0) is 18.0. The van der Waals surface area contributed by atoms with Gasteiger partial charge in [-0.05, 0) is 38.0 Å². The summed E-state index contributed by atoms with van der Waals surface area (Å²) in [6.07, 6.45) is 0.965. The number of guanidine groups is 1. The molecule has 0 bridgehead atoms. The first kappa shape index (κ1) is 23.8. The predicted octanol–water partition coefficient (Wildman–Crippen LogP) is 3.19. The smallest absolute Gasteiger partial charge is 0.191 e. The minimum absolute atomic E-state index is 0. The van der Waals surface area contributed by atoms with Crippen molar-refractivity contribution in [3.05, 3.63) is 23.8 Å². The monoisotopic (exact) mass is 465 g/mol. The molecule has 0 aliphatic rings. The zero-order valence-electron chi connectivity index (χ0n) is 16.1. The Morgan fingerprint density at radius 2 is 1.88 bits per heavy atom. The molecule has 144 valence electrons. The van der Waals surface area contributed by atoms with E-state index in [1.165, 1.54) is 0 Å². The van der Waals surface area contributed by atoms with E-state index in [2.05, 4.69) is 22.5 Å². The molecule has 0 atom stereocenters. The topological polar surface area (TPSA) is 64.1 Å². The average molecular weight is 465 g/mol. The summed E-state index contributed by atoms with van der Waals surface area (Å²) in [4.78, 5) is 4.22. The van der Waals surface area contributed by atoms with Crippen LogP contribution in [0.1, 0.15) is 32.8 Å². The van der Waals surface area contributed by atoms with Crippen LogP contribution in [0.15, 0.2) is 23.2 Å². The van der Waals surface area contributed by atoms with Gasteiger partial charge in [-0.2, -0.15) is 0 Å². The van der Waals surface area contributed by atoms with Crippen LogP contribution < -0.4 is 20.1 Å².